The van der Waals surface area contributed by atoms with Crippen molar-refractivity contribution in [1.29, 1.82) is 0 Å². The number of pyridine rings is 1. The number of phenolic OH excluding ortho intramolecular Hbond substituents is 1. The molecule has 0 amide bonds. The summed E-state index contributed by atoms with van der Waals surface area (Å²) in [4.78, 5) is 32.5. The number of hydrogen-bond donors (Lipinski definition) is 3. The third-order valence-corrected chi connectivity index (χ3v) is 3.52. The fourth-order valence-electron chi connectivity index (χ4n) is 2.28. The van der Waals surface area contributed by atoms with E-state index in [1.807, 2.05) is 0 Å². The number of aromatic hydroxyl groups is 1. The van der Waals surface area contributed by atoms with Gasteiger partial charge in [-0.25, -0.2) is 9.59 Å². The summed E-state index contributed by atoms with van der Waals surface area (Å²) in [5.74, 6) is -2.05. The van der Waals surface area contributed by atoms with Crippen LogP contribution in [0.1, 0.15) is 26.3 Å². The summed E-state index contributed by atoms with van der Waals surface area (Å²) in [6.45, 7) is 1.65. The molecule has 27 heavy (non-hydrogen) atoms. The zero-order valence-corrected chi connectivity index (χ0v) is 14.4. The highest BCUT2D eigenvalue weighted by Gasteiger charge is 2.09. The minimum absolute atomic E-state index is 0.00241. The van der Waals surface area contributed by atoms with Crippen molar-refractivity contribution in [1.82, 2.24) is 4.57 Å². The zero-order valence-electron chi connectivity index (χ0n) is 14.4. The first kappa shape index (κ1) is 19.5. The Morgan fingerprint density at radius 3 is 1.89 bits per heavy atom. The number of carboxylic acids is 2. The monoisotopic (exact) mass is 367 g/mol. The van der Waals surface area contributed by atoms with Crippen molar-refractivity contribution in [2.24, 2.45) is 0 Å². The van der Waals surface area contributed by atoms with Crippen LogP contribution < -0.4 is 5.56 Å². The highest BCUT2D eigenvalue weighted by molar-refractivity contribution is 5.94. The largest absolute Gasteiger partial charge is 0.508 e. The maximum atomic E-state index is 11.4. The molecule has 1 aromatic heterocycles. The average molecular weight is 367 g/mol. The zero-order chi connectivity index (χ0) is 20.0. The molecule has 3 rings (SSSR count). The molecule has 7 nitrogen and oxygen atoms in total. The van der Waals surface area contributed by atoms with Gasteiger partial charge in [-0.3, -0.25) is 9.36 Å². The lowest BCUT2D eigenvalue weighted by Crippen LogP contribution is -2.15. The minimum Gasteiger partial charge on any atom is -0.508 e. The summed E-state index contributed by atoms with van der Waals surface area (Å²) in [6.07, 6.45) is 1.69. The number of carbonyl (C=O) groups is 2. The Bertz CT molecular complexity index is 989. The van der Waals surface area contributed by atoms with Crippen LogP contribution in [0.5, 0.6) is 5.75 Å². The van der Waals surface area contributed by atoms with Gasteiger partial charge in [-0.05, 0) is 61.0 Å². The van der Waals surface area contributed by atoms with E-state index in [2.05, 4.69) is 0 Å². The fraction of sp³-hybridized carbons (Fsp3) is 0.0500. The van der Waals surface area contributed by atoms with E-state index in [9.17, 15) is 14.4 Å². The molecular formula is C20H17NO6. The number of phenols is 1. The molecule has 3 aromatic rings. The van der Waals surface area contributed by atoms with Crippen LogP contribution in [0.15, 0.2) is 71.7 Å². The highest BCUT2D eigenvalue weighted by atomic mass is 16.4. The lowest BCUT2D eigenvalue weighted by molar-refractivity contribution is 0.0696. The van der Waals surface area contributed by atoms with Crippen molar-refractivity contribution in [2.45, 2.75) is 6.92 Å². The Kier molecular flexibility index (Phi) is 6.11. The summed E-state index contributed by atoms with van der Waals surface area (Å²) in [6, 6.07) is 15.4. The SMILES string of the molecule is Cc1cc(C(=O)O)cc(C(=O)O)c1.O=c1ccccn1-c1ccc(O)cc1. The van der Waals surface area contributed by atoms with Crippen LogP contribution in [0, 0.1) is 6.92 Å². The maximum absolute atomic E-state index is 11.4. The summed E-state index contributed by atoms with van der Waals surface area (Å²) in [5.41, 5.74) is 1.28. The maximum Gasteiger partial charge on any atom is 0.335 e. The molecule has 0 spiro atoms. The van der Waals surface area contributed by atoms with E-state index >= 15 is 0 Å². The van der Waals surface area contributed by atoms with Gasteiger partial charge < -0.3 is 15.3 Å². The van der Waals surface area contributed by atoms with Crippen molar-refractivity contribution in [3.8, 4) is 11.4 Å². The number of aryl methyl sites for hydroxylation is 1. The average Bonchev–Trinajstić information content (AvgIpc) is 2.63. The normalized spacial score (nSPS) is 9.81. The van der Waals surface area contributed by atoms with Crippen molar-refractivity contribution in [3.63, 3.8) is 0 Å². The van der Waals surface area contributed by atoms with Gasteiger partial charge in [0.25, 0.3) is 5.56 Å². The number of aromatic nitrogens is 1. The number of aromatic carboxylic acids is 2. The van der Waals surface area contributed by atoms with E-state index in [-0.39, 0.29) is 22.4 Å². The molecular weight excluding hydrogens is 350 g/mol. The molecule has 3 N–H and O–H groups in total. The van der Waals surface area contributed by atoms with Crippen LogP contribution in [0.3, 0.4) is 0 Å². The van der Waals surface area contributed by atoms with E-state index in [1.54, 1.807) is 49.5 Å². The molecule has 0 unspecified atom stereocenters. The van der Waals surface area contributed by atoms with Gasteiger partial charge in [0.15, 0.2) is 0 Å². The van der Waals surface area contributed by atoms with Gasteiger partial charge in [0.1, 0.15) is 5.75 Å². The van der Waals surface area contributed by atoms with Crippen LogP contribution in [0.2, 0.25) is 0 Å². The molecule has 138 valence electrons. The Balaban J connectivity index is 0.000000194. The molecule has 1 heterocycles. The smallest absolute Gasteiger partial charge is 0.335 e. The van der Waals surface area contributed by atoms with Gasteiger partial charge >= 0.3 is 11.9 Å². The van der Waals surface area contributed by atoms with Crippen LogP contribution in [0.4, 0.5) is 0 Å². The summed E-state index contributed by atoms with van der Waals surface area (Å²) in [7, 11) is 0. The van der Waals surface area contributed by atoms with E-state index in [1.165, 1.54) is 22.8 Å². The van der Waals surface area contributed by atoms with Gasteiger partial charge in [0.05, 0.1) is 11.1 Å². The van der Waals surface area contributed by atoms with Gasteiger partial charge in [-0.2, -0.15) is 0 Å². The van der Waals surface area contributed by atoms with Gasteiger partial charge in [0.2, 0.25) is 0 Å². The summed E-state index contributed by atoms with van der Waals surface area (Å²) in [5, 5.41) is 26.3. The third-order valence-electron chi connectivity index (χ3n) is 3.52. The Labute approximate surface area is 154 Å². The van der Waals surface area contributed by atoms with Crippen molar-refractivity contribution < 1.29 is 24.9 Å². The predicted octanol–water partition coefficient (Wildman–Crippen LogP) is 2.93. The second-order valence-electron chi connectivity index (χ2n) is 5.62. The van der Waals surface area contributed by atoms with E-state index in [0.717, 1.165) is 11.8 Å². The van der Waals surface area contributed by atoms with Gasteiger partial charge in [-0.15, -0.1) is 0 Å². The molecule has 0 atom stereocenters. The summed E-state index contributed by atoms with van der Waals surface area (Å²) >= 11 is 0. The molecule has 0 bridgehead atoms. The lowest BCUT2D eigenvalue weighted by Gasteiger charge is -2.03. The second kappa shape index (κ2) is 8.48. The van der Waals surface area contributed by atoms with Crippen molar-refractivity contribution in [2.75, 3.05) is 0 Å². The highest BCUT2D eigenvalue weighted by Crippen LogP contribution is 2.12. The van der Waals surface area contributed by atoms with Crippen LogP contribution in [-0.2, 0) is 0 Å². The Morgan fingerprint density at radius 2 is 1.41 bits per heavy atom. The minimum atomic E-state index is -1.12. The number of nitrogens with zero attached hydrogens (tertiary/aromatic N) is 1. The Hall–Kier alpha value is -3.87. The number of hydrogen-bond acceptors (Lipinski definition) is 4. The third kappa shape index (κ3) is 5.30. The first-order valence-corrected chi connectivity index (χ1v) is 7.83. The molecule has 0 aliphatic rings. The van der Waals surface area contributed by atoms with Gasteiger partial charge in [0, 0.05) is 18.0 Å². The molecule has 0 saturated carbocycles. The van der Waals surface area contributed by atoms with E-state index < -0.39 is 11.9 Å². The predicted molar refractivity (Wildman–Crippen MR) is 98.8 cm³/mol. The van der Waals surface area contributed by atoms with E-state index in [0.29, 0.717) is 5.56 Å². The van der Waals surface area contributed by atoms with E-state index in [4.69, 9.17) is 15.3 Å². The lowest BCUT2D eigenvalue weighted by atomic mass is 10.1. The fourth-order valence-corrected chi connectivity index (χ4v) is 2.28. The van der Waals surface area contributed by atoms with Crippen molar-refractivity contribution >= 4 is 11.9 Å². The second-order valence-corrected chi connectivity index (χ2v) is 5.62. The molecule has 0 saturated heterocycles. The van der Waals surface area contributed by atoms with Crippen LogP contribution in [0.25, 0.3) is 5.69 Å². The quantitative estimate of drug-likeness (QED) is 0.655. The number of rotatable bonds is 3. The number of carboxylic acid groups (broad SMARTS) is 2. The standard InChI is InChI=1S/C11H9NO2.C9H8O4/c13-10-6-4-9(5-7-10)12-8-2-1-3-11(12)14;1-5-2-6(8(10)11)4-7(3-5)9(12)13/h1-8,13H;2-4H,1H3,(H,10,11)(H,12,13). The molecule has 0 aliphatic carbocycles. The molecule has 0 radical (unpaired) electrons. The molecule has 2 aromatic carbocycles. The van der Waals surface area contributed by atoms with Crippen LogP contribution >= 0.6 is 0 Å². The Morgan fingerprint density at radius 1 is 0.852 bits per heavy atom. The number of benzene rings is 2. The van der Waals surface area contributed by atoms with Crippen molar-refractivity contribution in [3.05, 3.63) is 93.9 Å². The summed E-state index contributed by atoms with van der Waals surface area (Å²) < 4.78 is 1.51. The topological polar surface area (TPSA) is 117 Å². The first-order valence-electron chi connectivity index (χ1n) is 7.83. The molecule has 0 fully saturated rings. The molecule has 0 aliphatic heterocycles. The first-order chi connectivity index (χ1) is 12.8. The van der Waals surface area contributed by atoms with Gasteiger partial charge in [-0.1, -0.05) is 6.07 Å². The van der Waals surface area contributed by atoms with Crippen LogP contribution in [-0.4, -0.2) is 31.8 Å². The molecule has 7 heteroatoms.